The maximum Gasteiger partial charge on any atom is 0.109 e. The van der Waals surface area contributed by atoms with Crippen LogP contribution in [0, 0.1) is 0 Å². The summed E-state index contributed by atoms with van der Waals surface area (Å²) in [6.07, 6.45) is 1.74. The Bertz CT molecular complexity index is 655. The molecule has 84 valence electrons. The highest BCUT2D eigenvalue weighted by molar-refractivity contribution is 5.89. The number of aliphatic hydroxyl groups excluding tert-OH is 1. The van der Waals surface area contributed by atoms with Crippen LogP contribution in [0.1, 0.15) is 5.69 Å². The fourth-order valence-electron chi connectivity index (χ4n) is 1.90. The summed E-state index contributed by atoms with van der Waals surface area (Å²) in [5.41, 5.74) is 1.54. The topological polar surface area (TPSA) is 50.9 Å². The first-order chi connectivity index (χ1) is 8.38. The van der Waals surface area contributed by atoms with Gasteiger partial charge in [-0.05, 0) is 11.5 Å². The van der Waals surface area contributed by atoms with Gasteiger partial charge in [-0.3, -0.25) is 0 Å². The molecule has 0 bridgehead atoms. The van der Waals surface area contributed by atoms with Gasteiger partial charge in [-0.15, -0.1) is 5.10 Å². The molecule has 1 N–H and O–H groups in total. The second kappa shape index (κ2) is 3.99. The molecule has 0 aliphatic carbocycles. The zero-order valence-electron chi connectivity index (χ0n) is 9.11. The summed E-state index contributed by atoms with van der Waals surface area (Å²) in [6.45, 7) is -0.0925. The molecular weight excluding hydrogens is 214 g/mol. The highest BCUT2D eigenvalue weighted by atomic mass is 16.3. The first-order valence-electron chi connectivity index (χ1n) is 5.39. The average Bonchev–Trinajstić information content (AvgIpc) is 2.87. The molecule has 1 aromatic heterocycles. The van der Waals surface area contributed by atoms with Crippen molar-refractivity contribution in [2.24, 2.45) is 0 Å². The third kappa shape index (κ3) is 1.68. The Morgan fingerprint density at radius 1 is 1.06 bits per heavy atom. The summed E-state index contributed by atoms with van der Waals surface area (Å²) >= 11 is 0. The Labute approximate surface area is 98.1 Å². The Morgan fingerprint density at radius 2 is 1.88 bits per heavy atom. The molecule has 0 atom stereocenters. The van der Waals surface area contributed by atoms with E-state index in [1.807, 2.05) is 30.3 Å². The van der Waals surface area contributed by atoms with Gasteiger partial charge in [0.1, 0.15) is 5.69 Å². The van der Waals surface area contributed by atoms with E-state index in [2.05, 4.69) is 22.4 Å². The van der Waals surface area contributed by atoms with Crippen LogP contribution in [0.25, 0.3) is 16.5 Å². The minimum absolute atomic E-state index is 0.0925. The molecule has 4 heteroatoms. The van der Waals surface area contributed by atoms with Gasteiger partial charge >= 0.3 is 0 Å². The van der Waals surface area contributed by atoms with E-state index in [-0.39, 0.29) is 6.61 Å². The number of hydrogen-bond acceptors (Lipinski definition) is 3. The van der Waals surface area contributed by atoms with E-state index >= 15 is 0 Å². The monoisotopic (exact) mass is 225 g/mol. The van der Waals surface area contributed by atoms with Crippen molar-refractivity contribution in [1.29, 1.82) is 0 Å². The lowest BCUT2D eigenvalue weighted by Gasteiger charge is -2.04. The van der Waals surface area contributed by atoms with Crippen molar-refractivity contribution in [2.45, 2.75) is 6.61 Å². The van der Waals surface area contributed by atoms with E-state index in [0.29, 0.717) is 5.69 Å². The Balaban J connectivity index is 2.23. The van der Waals surface area contributed by atoms with Gasteiger partial charge in [0.25, 0.3) is 0 Å². The second-order valence-electron chi connectivity index (χ2n) is 3.81. The predicted octanol–water partition coefficient (Wildman–Crippen LogP) is 1.91. The number of aromatic nitrogens is 3. The Hall–Kier alpha value is -2.20. The fraction of sp³-hybridized carbons (Fsp3) is 0.0769. The molecule has 0 unspecified atom stereocenters. The van der Waals surface area contributed by atoms with E-state index in [1.165, 1.54) is 0 Å². The van der Waals surface area contributed by atoms with Gasteiger partial charge in [0.05, 0.1) is 18.5 Å². The molecule has 17 heavy (non-hydrogen) atoms. The predicted molar refractivity (Wildman–Crippen MR) is 64.8 cm³/mol. The van der Waals surface area contributed by atoms with E-state index in [4.69, 9.17) is 5.11 Å². The lowest BCUT2D eigenvalue weighted by molar-refractivity contribution is 0.276. The smallest absolute Gasteiger partial charge is 0.109 e. The quantitative estimate of drug-likeness (QED) is 0.724. The highest BCUT2D eigenvalue weighted by Gasteiger charge is 2.05. The van der Waals surface area contributed by atoms with Crippen LogP contribution in [0.15, 0.2) is 48.7 Å². The van der Waals surface area contributed by atoms with Crippen LogP contribution < -0.4 is 0 Å². The minimum atomic E-state index is -0.0925. The molecule has 0 amide bonds. The maximum absolute atomic E-state index is 9.00. The number of aliphatic hydroxyl groups is 1. The molecule has 0 radical (unpaired) electrons. The lowest BCUT2D eigenvalue weighted by atomic mass is 10.1. The van der Waals surface area contributed by atoms with Crippen LogP contribution in [0.3, 0.4) is 0 Å². The van der Waals surface area contributed by atoms with E-state index in [0.717, 1.165) is 16.5 Å². The fourth-order valence-corrected chi connectivity index (χ4v) is 1.90. The first-order valence-corrected chi connectivity index (χ1v) is 5.39. The van der Waals surface area contributed by atoms with Crippen LogP contribution in [-0.2, 0) is 6.61 Å². The van der Waals surface area contributed by atoms with Crippen molar-refractivity contribution in [2.75, 3.05) is 0 Å². The Kier molecular flexibility index (Phi) is 2.34. The summed E-state index contributed by atoms with van der Waals surface area (Å²) in [4.78, 5) is 0. The number of hydrogen-bond donors (Lipinski definition) is 1. The molecule has 0 aliphatic heterocycles. The van der Waals surface area contributed by atoms with Crippen molar-refractivity contribution in [3.63, 3.8) is 0 Å². The van der Waals surface area contributed by atoms with Crippen LogP contribution in [0.4, 0.5) is 0 Å². The van der Waals surface area contributed by atoms with Crippen molar-refractivity contribution < 1.29 is 5.11 Å². The third-order valence-corrected chi connectivity index (χ3v) is 2.72. The van der Waals surface area contributed by atoms with E-state index in [1.54, 1.807) is 10.9 Å². The summed E-state index contributed by atoms with van der Waals surface area (Å²) in [7, 11) is 0. The zero-order chi connectivity index (χ0) is 11.7. The van der Waals surface area contributed by atoms with Crippen LogP contribution >= 0.6 is 0 Å². The number of benzene rings is 2. The van der Waals surface area contributed by atoms with Crippen LogP contribution in [-0.4, -0.2) is 20.1 Å². The lowest BCUT2D eigenvalue weighted by Crippen LogP contribution is -1.95. The van der Waals surface area contributed by atoms with Crippen LogP contribution in [0.2, 0.25) is 0 Å². The molecule has 4 nitrogen and oxygen atoms in total. The third-order valence-electron chi connectivity index (χ3n) is 2.72. The number of fused-ring (bicyclic) bond motifs is 1. The molecule has 0 spiro atoms. The van der Waals surface area contributed by atoms with E-state index < -0.39 is 0 Å². The van der Waals surface area contributed by atoms with E-state index in [9.17, 15) is 0 Å². The first kappa shape index (κ1) is 9.99. The second-order valence-corrected chi connectivity index (χ2v) is 3.81. The summed E-state index contributed by atoms with van der Waals surface area (Å²) in [5.74, 6) is 0. The normalized spacial score (nSPS) is 10.9. The zero-order valence-corrected chi connectivity index (χ0v) is 9.11. The van der Waals surface area contributed by atoms with Crippen LogP contribution in [0.5, 0.6) is 0 Å². The van der Waals surface area contributed by atoms with Crippen molar-refractivity contribution in [3.8, 4) is 5.69 Å². The van der Waals surface area contributed by atoms with Gasteiger partial charge < -0.3 is 5.11 Å². The minimum Gasteiger partial charge on any atom is -0.390 e. The average molecular weight is 225 g/mol. The molecule has 0 saturated heterocycles. The van der Waals surface area contributed by atoms with Gasteiger partial charge in [0, 0.05) is 5.39 Å². The largest absolute Gasteiger partial charge is 0.390 e. The molecule has 3 aromatic rings. The van der Waals surface area contributed by atoms with Gasteiger partial charge in [0.2, 0.25) is 0 Å². The molecule has 1 heterocycles. The standard InChI is InChI=1S/C13H11N3O/c17-9-11-8-16(15-14-11)13-7-3-5-10-4-1-2-6-12(10)13/h1-8,17H,9H2. The molecule has 0 fully saturated rings. The van der Waals surface area contributed by atoms with Gasteiger partial charge in [-0.2, -0.15) is 0 Å². The molecule has 2 aromatic carbocycles. The SMILES string of the molecule is OCc1cn(-c2cccc3ccccc23)nn1. The summed E-state index contributed by atoms with van der Waals surface area (Å²) in [6, 6.07) is 14.1. The van der Waals surface area contributed by atoms with Crippen molar-refractivity contribution in [1.82, 2.24) is 15.0 Å². The number of rotatable bonds is 2. The van der Waals surface area contributed by atoms with Crippen molar-refractivity contribution in [3.05, 3.63) is 54.4 Å². The molecular formula is C13H11N3O. The number of nitrogens with zero attached hydrogens (tertiary/aromatic N) is 3. The Morgan fingerprint density at radius 3 is 2.71 bits per heavy atom. The van der Waals surface area contributed by atoms with Crippen molar-refractivity contribution >= 4 is 10.8 Å². The molecule has 0 saturated carbocycles. The summed E-state index contributed by atoms with van der Waals surface area (Å²) < 4.78 is 1.69. The van der Waals surface area contributed by atoms with Gasteiger partial charge in [-0.1, -0.05) is 41.6 Å². The summed E-state index contributed by atoms with van der Waals surface area (Å²) in [5, 5.41) is 19.2. The molecule has 3 rings (SSSR count). The maximum atomic E-state index is 9.00. The molecule has 0 aliphatic rings. The highest BCUT2D eigenvalue weighted by Crippen LogP contribution is 2.21. The van der Waals surface area contributed by atoms with Gasteiger partial charge in [-0.25, -0.2) is 4.68 Å². The van der Waals surface area contributed by atoms with Gasteiger partial charge in [0.15, 0.2) is 0 Å².